The summed E-state index contributed by atoms with van der Waals surface area (Å²) in [6.07, 6.45) is 4.04. The normalized spacial score (nSPS) is 11.7. The first-order valence-electron chi connectivity index (χ1n) is 8.27. The summed E-state index contributed by atoms with van der Waals surface area (Å²) in [6, 6.07) is 6.24. The smallest absolute Gasteiger partial charge is 0.193 e. The number of rotatable bonds is 6. The maximum atomic E-state index is 5.73. The van der Waals surface area contributed by atoms with Crippen LogP contribution in [0.3, 0.4) is 0 Å². The predicted molar refractivity (Wildman–Crippen MR) is 102 cm³/mol. The van der Waals surface area contributed by atoms with Crippen molar-refractivity contribution in [2.24, 2.45) is 4.99 Å². The third-order valence-electron chi connectivity index (χ3n) is 3.77. The Morgan fingerprint density at radius 3 is 2.92 bits per heavy atom. The van der Waals surface area contributed by atoms with E-state index in [0.717, 1.165) is 27.9 Å². The molecule has 0 radical (unpaired) electrons. The first kappa shape index (κ1) is 17.3. The van der Waals surface area contributed by atoms with Crippen molar-refractivity contribution in [1.82, 2.24) is 20.0 Å². The topological polar surface area (TPSA) is 63.0 Å². The van der Waals surface area contributed by atoms with Gasteiger partial charge in [-0.3, -0.25) is 9.39 Å². The van der Waals surface area contributed by atoms with Crippen molar-refractivity contribution in [2.45, 2.75) is 26.9 Å². The van der Waals surface area contributed by atoms with Gasteiger partial charge in [-0.25, -0.2) is 4.98 Å². The zero-order valence-corrected chi connectivity index (χ0v) is 15.6. The molecular formula is C18H23N5OS. The summed E-state index contributed by atoms with van der Waals surface area (Å²) in [6.45, 7) is 5.99. The van der Waals surface area contributed by atoms with E-state index >= 15 is 0 Å². The number of nitrogens with one attached hydrogen (secondary N) is 2. The fourth-order valence-electron chi connectivity index (χ4n) is 2.53. The van der Waals surface area contributed by atoms with E-state index in [9.17, 15) is 0 Å². The fourth-order valence-corrected chi connectivity index (χ4v) is 3.25. The largest absolute Gasteiger partial charge is 0.494 e. The Hall–Kier alpha value is -2.54. The van der Waals surface area contributed by atoms with Gasteiger partial charge in [-0.05, 0) is 25.5 Å². The number of fused-ring (bicyclic) bond motifs is 1. The highest BCUT2D eigenvalue weighted by Gasteiger charge is 2.07. The van der Waals surface area contributed by atoms with Crippen LogP contribution in [0.5, 0.6) is 5.75 Å². The number of imidazole rings is 1. The summed E-state index contributed by atoms with van der Waals surface area (Å²) in [5, 5.41) is 8.65. The average molecular weight is 357 g/mol. The minimum Gasteiger partial charge on any atom is -0.494 e. The Balaban J connectivity index is 1.58. The molecule has 2 heterocycles. The quantitative estimate of drug-likeness (QED) is 0.526. The Morgan fingerprint density at radius 1 is 1.32 bits per heavy atom. The van der Waals surface area contributed by atoms with Crippen LogP contribution in [0.2, 0.25) is 0 Å². The molecule has 0 saturated heterocycles. The molecule has 3 aromatic rings. The molecule has 1 aromatic carbocycles. The SMILES string of the molecule is CCOc1cc(C)ccc1CNC(=NC)NCc1cn2ccsc2n1. The lowest BCUT2D eigenvalue weighted by molar-refractivity contribution is 0.336. The molecule has 2 aromatic heterocycles. The Labute approximate surface area is 151 Å². The van der Waals surface area contributed by atoms with Gasteiger partial charge in [0.25, 0.3) is 0 Å². The van der Waals surface area contributed by atoms with Crippen LogP contribution in [0.4, 0.5) is 0 Å². The van der Waals surface area contributed by atoms with Gasteiger partial charge in [-0.1, -0.05) is 12.1 Å². The maximum Gasteiger partial charge on any atom is 0.193 e. The van der Waals surface area contributed by atoms with Gasteiger partial charge in [0, 0.05) is 36.9 Å². The van der Waals surface area contributed by atoms with Crippen LogP contribution in [0, 0.1) is 6.92 Å². The van der Waals surface area contributed by atoms with Crippen LogP contribution >= 0.6 is 11.3 Å². The Bertz CT molecular complexity index is 839. The highest BCUT2D eigenvalue weighted by molar-refractivity contribution is 7.15. The molecule has 0 bridgehead atoms. The van der Waals surface area contributed by atoms with Gasteiger partial charge in [-0.15, -0.1) is 11.3 Å². The van der Waals surface area contributed by atoms with Crippen LogP contribution in [0.15, 0.2) is 41.0 Å². The summed E-state index contributed by atoms with van der Waals surface area (Å²) in [4.78, 5) is 9.84. The van der Waals surface area contributed by atoms with Crippen molar-refractivity contribution in [2.75, 3.05) is 13.7 Å². The number of thiazole rings is 1. The molecule has 0 unspecified atom stereocenters. The lowest BCUT2D eigenvalue weighted by Crippen LogP contribution is -2.36. The molecule has 7 heteroatoms. The molecular weight excluding hydrogens is 334 g/mol. The van der Waals surface area contributed by atoms with E-state index in [-0.39, 0.29) is 0 Å². The van der Waals surface area contributed by atoms with E-state index in [4.69, 9.17) is 4.74 Å². The second kappa shape index (κ2) is 8.02. The summed E-state index contributed by atoms with van der Waals surface area (Å²) in [5.74, 6) is 1.65. The van der Waals surface area contributed by atoms with Gasteiger partial charge in [0.2, 0.25) is 0 Å². The molecule has 0 aliphatic heterocycles. The molecule has 132 valence electrons. The summed E-state index contributed by atoms with van der Waals surface area (Å²) >= 11 is 1.63. The van der Waals surface area contributed by atoms with Crippen LogP contribution in [-0.4, -0.2) is 29.0 Å². The van der Waals surface area contributed by atoms with Crippen LogP contribution < -0.4 is 15.4 Å². The van der Waals surface area contributed by atoms with E-state index < -0.39 is 0 Å². The van der Waals surface area contributed by atoms with Crippen molar-refractivity contribution in [1.29, 1.82) is 0 Å². The molecule has 0 aliphatic rings. The van der Waals surface area contributed by atoms with Crippen LogP contribution in [0.25, 0.3) is 4.96 Å². The van der Waals surface area contributed by atoms with E-state index in [0.29, 0.717) is 19.7 Å². The highest BCUT2D eigenvalue weighted by Crippen LogP contribution is 2.20. The number of aliphatic imine (C=N–C) groups is 1. The number of aryl methyl sites for hydroxylation is 1. The average Bonchev–Trinajstić information content (AvgIpc) is 3.18. The van der Waals surface area contributed by atoms with Gasteiger partial charge in [0.1, 0.15) is 5.75 Å². The molecule has 0 spiro atoms. The van der Waals surface area contributed by atoms with Crippen LogP contribution in [-0.2, 0) is 13.1 Å². The standard InChI is InChI=1S/C18H23N5OS/c1-4-24-16-9-13(2)5-6-14(16)10-20-17(19-3)21-11-15-12-23-7-8-25-18(23)22-15/h5-9,12H,4,10-11H2,1-3H3,(H2,19,20,21). The van der Waals surface area contributed by atoms with Gasteiger partial charge in [0.05, 0.1) is 18.8 Å². The van der Waals surface area contributed by atoms with Gasteiger partial charge >= 0.3 is 0 Å². The third-order valence-corrected chi connectivity index (χ3v) is 4.54. The van der Waals surface area contributed by atoms with Crippen molar-refractivity contribution in [3.8, 4) is 5.75 Å². The lowest BCUT2D eigenvalue weighted by atomic mass is 10.1. The second-order valence-corrected chi connectivity index (χ2v) is 6.52. The molecule has 6 nitrogen and oxygen atoms in total. The zero-order chi connectivity index (χ0) is 17.6. The predicted octanol–water partition coefficient (Wildman–Crippen LogP) is 2.97. The van der Waals surface area contributed by atoms with Crippen molar-refractivity contribution >= 4 is 22.3 Å². The molecule has 0 saturated carbocycles. The lowest BCUT2D eigenvalue weighted by Gasteiger charge is -2.14. The molecule has 2 N–H and O–H groups in total. The molecule has 0 aliphatic carbocycles. The molecule has 0 amide bonds. The minimum atomic E-state index is 0.625. The third kappa shape index (κ3) is 4.30. The van der Waals surface area contributed by atoms with Crippen molar-refractivity contribution < 1.29 is 4.74 Å². The first-order chi connectivity index (χ1) is 12.2. The maximum absolute atomic E-state index is 5.73. The van der Waals surface area contributed by atoms with Gasteiger partial charge in [-0.2, -0.15) is 0 Å². The monoisotopic (exact) mass is 357 g/mol. The second-order valence-electron chi connectivity index (χ2n) is 5.65. The number of ether oxygens (including phenoxy) is 1. The summed E-state index contributed by atoms with van der Waals surface area (Å²) in [7, 11) is 1.76. The van der Waals surface area contributed by atoms with E-state index in [1.54, 1.807) is 18.4 Å². The van der Waals surface area contributed by atoms with Gasteiger partial charge in [0.15, 0.2) is 10.9 Å². The van der Waals surface area contributed by atoms with Gasteiger partial charge < -0.3 is 15.4 Å². The minimum absolute atomic E-state index is 0.625. The molecule has 3 rings (SSSR count). The Kier molecular flexibility index (Phi) is 5.55. The summed E-state index contributed by atoms with van der Waals surface area (Å²) < 4.78 is 7.75. The first-order valence-corrected chi connectivity index (χ1v) is 9.15. The van der Waals surface area contributed by atoms with Crippen molar-refractivity contribution in [3.05, 3.63) is 52.8 Å². The number of nitrogens with zero attached hydrogens (tertiary/aromatic N) is 3. The molecule has 0 atom stereocenters. The number of aromatic nitrogens is 2. The van der Waals surface area contributed by atoms with Crippen molar-refractivity contribution in [3.63, 3.8) is 0 Å². The number of hydrogen-bond acceptors (Lipinski definition) is 4. The van der Waals surface area contributed by atoms with E-state index in [2.05, 4.69) is 45.7 Å². The van der Waals surface area contributed by atoms with E-state index in [1.165, 1.54) is 5.56 Å². The Morgan fingerprint density at radius 2 is 2.16 bits per heavy atom. The molecule has 0 fully saturated rings. The van der Waals surface area contributed by atoms with E-state index in [1.807, 2.05) is 29.1 Å². The number of benzene rings is 1. The number of hydrogen-bond donors (Lipinski definition) is 2. The van der Waals surface area contributed by atoms with Crippen LogP contribution in [0.1, 0.15) is 23.7 Å². The highest BCUT2D eigenvalue weighted by atomic mass is 32.1. The fraction of sp³-hybridized carbons (Fsp3) is 0.333. The number of guanidine groups is 1. The molecule has 25 heavy (non-hydrogen) atoms. The zero-order valence-electron chi connectivity index (χ0n) is 14.7. The summed E-state index contributed by atoms with van der Waals surface area (Å²) in [5.41, 5.74) is 3.28.